The predicted molar refractivity (Wildman–Crippen MR) is 94.4 cm³/mol. The van der Waals surface area contributed by atoms with E-state index in [1.54, 1.807) is 0 Å². The number of likely N-dealkylation sites (tertiary alicyclic amines) is 1. The van der Waals surface area contributed by atoms with E-state index in [0.717, 1.165) is 49.0 Å². The monoisotopic (exact) mass is 337 g/mol. The molecule has 0 radical (unpaired) electrons. The minimum absolute atomic E-state index is 0.257. The molecule has 0 spiro atoms. The number of para-hydroxylation sites is 1. The number of hydrogen-bond acceptors (Lipinski definition) is 5. The fraction of sp³-hybridized carbons (Fsp3) is 0.444. The number of nitrogens with one attached hydrogen (secondary N) is 1. The lowest BCUT2D eigenvalue weighted by Gasteiger charge is -2.34. The van der Waals surface area contributed by atoms with Gasteiger partial charge in [-0.2, -0.15) is 5.10 Å². The maximum absolute atomic E-state index is 4.49. The van der Waals surface area contributed by atoms with E-state index in [1.807, 2.05) is 48.1 Å². The number of nitrogens with zero attached hydrogens (tertiary/aromatic N) is 6. The van der Waals surface area contributed by atoms with Crippen LogP contribution in [0.25, 0.3) is 5.69 Å². The van der Waals surface area contributed by atoms with Crippen LogP contribution in [0.3, 0.4) is 0 Å². The molecule has 7 heteroatoms. The third kappa shape index (κ3) is 3.32. The minimum atomic E-state index is 0.257. The lowest BCUT2D eigenvalue weighted by molar-refractivity contribution is 0.157. The zero-order chi connectivity index (χ0) is 17.2. The highest BCUT2D eigenvalue weighted by molar-refractivity contribution is 5.30. The predicted octanol–water partition coefficient (Wildman–Crippen LogP) is 2.63. The van der Waals surface area contributed by atoms with Crippen LogP contribution < -0.4 is 0 Å². The van der Waals surface area contributed by atoms with Crippen LogP contribution in [0.5, 0.6) is 0 Å². The number of hydrogen-bond donors (Lipinski definition) is 1. The summed E-state index contributed by atoms with van der Waals surface area (Å²) < 4.78 is 1.84. The van der Waals surface area contributed by atoms with E-state index in [4.69, 9.17) is 0 Å². The smallest absolute Gasteiger partial charge is 0.153 e. The number of aromatic nitrogens is 6. The van der Waals surface area contributed by atoms with Gasteiger partial charge in [0.25, 0.3) is 0 Å². The molecule has 25 heavy (non-hydrogen) atoms. The van der Waals surface area contributed by atoms with Gasteiger partial charge in [0, 0.05) is 5.92 Å². The molecule has 130 valence electrons. The van der Waals surface area contributed by atoms with Crippen molar-refractivity contribution in [3.05, 3.63) is 53.9 Å². The van der Waals surface area contributed by atoms with Crippen molar-refractivity contribution in [3.63, 3.8) is 0 Å². The fourth-order valence-corrected chi connectivity index (χ4v) is 3.45. The van der Waals surface area contributed by atoms with Gasteiger partial charge < -0.3 is 0 Å². The van der Waals surface area contributed by atoms with Crippen molar-refractivity contribution in [3.8, 4) is 5.69 Å². The molecule has 1 saturated heterocycles. The lowest BCUT2D eigenvalue weighted by Crippen LogP contribution is -2.35. The zero-order valence-electron chi connectivity index (χ0n) is 14.6. The molecule has 1 aliphatic rings. The number of piperidine rings is 1. The standard InChI is InChI=1S/C18H23N7/c1-13(17-12-25(23-21-17)16-6-4-3-5-7-16)24-10-8-15(9-11-24)18-19-14(2)20-22-18/h3-7,12-13,15H,8-11H2,1-2H3,(H,19,20,22)/t13-/m0/s1. The van der Waals surface area contributed by atoms with E-state index in [2.05, 4.69) is 37.3 Å². The molecular weight excluding hydrogens is 314 g/mol. The van der Waals surface area contributed by atoms with Gasteiger partial charge in [-0.15, -0.1) is 5.10 Å². The molecule has 0 unspecified atom stereocenters. The summed E-state index contributed by atoms with van der Waals surface area (Å²) in [6, 6.07) is 10.4. The molecule has 3 aromatic rings. The van der Waals surface area contributed by atoms with Crippen molar-refractivity contribution in [2.45, 2.75) is 38.6 Å². The van der Waals surface area contributed by atoms with Crippen LogP contribution >= 0.6 is 0 Å². The Morgan fingerprint density at radius 2 is 1.92 bits per heavy atom. The summed E-state index contributed by atoms with van der Waals surface area (Å²) in [5, 5.41) is 15.9. The van der Waals surface area contributed by atoms with Crippen LogP contribution in [0.15, 0.2) is 36.5 Å². The first kappa shape index (κ1) is 16.0. The second kappa shape index (κ2) is 6.76. The molecule has 0 amide bonds. The average molecular weight is 337 g/mol. The quantitative estimate of drug-likeness (QED) is 0.792. The summed E-state index contributed by atoms with van der Waals surface area (Å²) in [5.41, 5.74) is 2.04. The molecule has 4 rings (SSSR count). The van der Waals surface area contributed by atoms with Crippen LogP contribution in [-0.2, 0) is 0 Å². The summed E-state index contributed by atoms with van der Waals surface area (Å²) in [5.74, 6) is 2.30. The summed E-state index contributed by atoms with van der Waals surface area (Å²) in [6.07, 6.45) is 4.19. The maximum Gasteiger partial charge on any atom is 0.153 e. The van der Waals surface area contributed by atoms with Crippen molar-refractivity contribution in [1.29, 1.82) is 0 Å². The van der Waals surface area contributed by atoms with Gasteiger partial charge >= 0.3 is 0 Å². The van der Waals surface area contributed by atoms with Crippen molar-refractivity contribution < 1.29 is 0 Å². The Kier molecular flexibility index (Phi) is 4.31. The molecule has 0 saturated carbocycles. The maximum atomic E-state index is 4.49. The third-order valence-corrected chi connectivity index (χ3v) is 5.02. The molecule has 0 bridgehead atoms. The summed E-state index contributed by atoms with van der Waals surface area (Å²) in [6.45, 7) is 6.20. The van der Waals surface area contributed by atoms with E-state index >= 15 is 0 Å². The first-order valence-electron chi connectivity index (χ1n) is 8.81. The number of H-pyrrole nitrogens is 1. The SMILES string of the molecule is Cc1nc(C2CCN([C@@H](C)c3cn(-c4ccccc4)nn3)CC2)n[nH]1. The van der Waals surface area contributed by atoms with Crippen LogP contribution in [0.4, 0.5) is 0 Å². The Bertz CT molecular complexity index is 815. The van der Waals surface area contributed by atoms with Gasteiger partial charge in [0.15, 0.2) is 5.82 Å². The Labute approximate surface area is 147 Å². The Hall–Kier alpha value is -2.54. The van der Waals surface area contributed by atoms with E-state index in [9.17, 15) is 0 Å². The Morgan fingerprint density at radius 3 is 2.60 bits per heavy atom. The van der Waals surface area contributed by atoms with E-state index in [-0.39, 0.29) is 6.04 Å². The van der Waals surface area contributed by atoms with Crippen LogP contribution in [0, 0.1) is 6.92 Å². The molecule has 3 heterocycles. The Balaban J connectivity index is 1.41. The molecule has 2 aromatic heterocycles. The summed E-state index contributed by atoms with van der Waals surface area (Å²) in [7, 11) is 0. The molecule has 1 aliphatic heterocycles. The summed E-state index contributed by atoms with van der Waals surface area (Å²) in [4.78, 5) is 6.96. The van der Waals surface area contributed by atoms with Crippen LogP contribution in [0.2, 0.25) is 0 Å². The van der Waals surface area contributed by atoms with Crippen molar-refractivity contribution >= 4 is 0 Å². The van der Waals surface area contributed by atoms with Gasteiger partial charge in [0.2, 0.25) is 0 Å². The van der Waals surface area contributed by atoms with Gasteiger partial charge in [-0.05, 0) is 51.9 Å². The third-order valence-electron chi connectivity index (χ3n) is 5.02. The molecule has 1 aromatic carbocycles. The molecule has 1 fully saturated rings. The second-order valence-electron chi connectivity index (χ2n) is 6.69. The van der Waals surface area contributed by atoms with Gasteiger partial charge in [0.05, 0.1) is 23.6 Å². The number of aromatic amines is 1. The highest BCUT2D eigenvalue weighted by Crippen LogP contribution is 2.30. The average Bonchev–Trinajstić information content (AvgIpc) is 3.31. The highest BCUT2D eigenvalue weighted by atomic mass is 15.4. The van der Waals surface area contributed by atoms with E-state index in [1.165, 1.54) is 0 Å². The molecular formula is C18H23N7. The van der Waals surface area contributed by atoms with E-state index in [0.29, 0.717) is 5.92 Å². The van der Waals surface area contributed by atoms with Gasteiger partial charge in [0.1, 0.15) is 5.82 Å². The Morgan fingerprint density at radius 1 is 1.16 bits per heavy atom. The number of benzene rings is 1. The fourth-order valence-electron chi connectivity index (χ4n) is 3.45. The first-order chi connectivity index (χ1) is 12.2. The first-order valence-corrected chi connectivity index (χ1v) is 8.81. The molecule has 1 N–H and O–H groups in total. The van der Waals surface area contributed by atoms with Gasteiger partial charge in [-0.3, -0.25) is 10.00 Å². The number of aryl methyl sites for hydroxylation is 1. The van der Waals surface area contributed by atoms with Crippen LogP contribution in [-0.4, -0.2) is 48.2 Å². The normalized spacial score (nSPS) is 17.7. The minimum Gasteiger partial charge on any atom is -0.295 e. The zero-order valence-corrected chi connectivity index (χ0v) is 14.6. The van der Waals surface area contributed by atoms with Crippen molar-refractivity contribution in [1.82, 2.24) is 35.1 Å². The summed E-state index contributed by atoms with van der Waals surface area (Å²) >= 11 is 0. The van der Waals surface area contributed by atoms with Gasteiger partial charge in [-0.1, -0.05) is 23.4 Å². The second-order valence-corrected chi connectivity index (χ2v) is 6.69. The topological polar surface area (TPSA) is 75.5 Å². The van der Waals surface area contributed by atoms with Crippen molar-refractivity contribution in [2.75, 3.05) is 13.1 Å². The van der Waals surface area contributed by atoms with Crippen LogP contribution in [0.1, 0.15) is 49.1 Å². The van der Waals surface area contributed by atoms with Crippen molar-refractivity contribution in [2.24, 2.45) is 0 Å². The molecule has 7 nitrogen and oxygen atoms in total. The number of rotatable bonds is 4. The highest BCUT2D eigenvalue weighted by Gasteiger charge is 2.27. The lowest BCUT2D eigenvalue weighted by atomic mass is 9.95. The van der Waals surface area contributed by atoms with E-state index < -0.39 is 0 Å². The largest absolute Gasteiger partial charge is 0.295 e. The molecule has 1 atom stereocenters. The molecule has 0 aliphatic carbocycles. The van der Waals surface area contributed by atoms with Gasteiger partial charge in [-0.25, -0.2) is 9.67 Å².